The SMILES string of the molecule is C#CCC(N)C(=O)Nc1nnc(C2CC2)o1. The molecule has 0 radical (unpaired) electrons. The van der Waals surface area contributed by atoms with Gasteiger partial charge in [-0.3, -0.25) is 10.1 Å². The van der Waals surface area contributed by atoms with E-state index in [1.165, 1.54) is 0 Å². The van der Waals surface area contributed by atoms with Crippen molar-refractivity contribution in [2.75, 3.05) is 5.32 Å². The molecule has 1 atom stereocenters. The fourth-order valence-electron chi connectivity index (χ4n) is 1.20. The van der Waals surface area contributed by atoms with E-state index < -0.39 is 11.9 Å². The van der Waals surface area contributed by atoms with E-state index in [2.05, 4.69) is 21.4 Å². The third-order valence-corrected chi connectivity index (χ3v) is 2.27. The second-order valence-electron chi connectivity index (χ2n) is 3.72. The number of rotatable bonds is 4. The molecule has 1 fully saturated rings. The molecule has 16 heavy (non-hydrogen) atoms. The number of hydrogen-bond donors (Lipinski definition) is 2. The van der Waals surface area contributed by atoms with Crippen molar-refractivity contribution < 1.29 is 9.21 Å². The lowest BCUT2D eigenvalue weighted by molar-refractivity contribution is -0.117. The molecular formula is C10H12N4O2. The summed E-state index contributed by atoms with van der Waals surface area (Å²) in [4.78, 5) is 11.4. The molecule has 1 aromatic heterocycles. The molecule has 0 aliphatic heterocycles. The molecule has 84 valence electrons. The van der Waals surface area contributed by atoms with Crippen LogP contribution < -0.4 is 11.1 Å². The normalized spacial score (nSPS) is 16.5. The van der Waals surface area contributed by atoms with Gasteiger partial charge in [0, 0.05) is 12.3 Å². The maximum Gasteiger partial charge on any atom is 0.322 e. The average Bonchev–Trinajstić information content (AvgIpc) is 3.01. The van der Waals surface area contributed by atoms with Crippen LogP contribution in [-0.4, -0.2) is 22.1 Å². The second kappa shape index (κ2) is 4.33. The molecule has 1 aliphatic rings. The molecule has 1 amide bonds. The van der Waals surface area contributed by atoms with Gasteiger partial charge in [-0.1, -0.05) is 5.10 Å². The van der Waals surface area contributed by atoms with E-state index in [4.69, 9.17) is 16.6 Å². The molecule has 0 aromatic carbocycles. The summed E-state index contributed by atoms with van der Waals surface area (Å²) < 4.78 is 5.25. The van der Waals surface area contributed by atoms with E-state index >= 15 is 0 Å². The predicted molar refractivity (Wildman–Crippen MR) is 56.3 cm³/mol. The maximum absolute atomic E-state index is 11.4. The summed E-state index contributed by atoms with van der Waals surface area (Å²) in [6.07, 6.45) is 7.35. The Morgan fingerprint density at radius 1 is 1.69 bits per heavy atom. The van der Waals surface area contributed by atoms with Crippen LogP contribution in [-0.2, 0) is 4.79 Å². The van der Waals surface area contributed by atoms with Crippen molar-refractivity contribution >= 4 is 11.9 Å². The van der Waals surface area contributed by atoms with Gasteiger partial charge in [0.2, 0.25) is 11.8 Å². The molecule has 1 aliphatic carbocycles. The van der Waals surface area contributed by atoms with Gasteiger partial charge in [-0.05, 0) is 12.8 Å². The Morgan fingerprint density at radius 3 is 3.06 bits per heavy atom. The fourth-order valence-corrected chi connectivity index (χ4v) is 1.20. The van der Waals surface area contributed by atoms with Gasteiger partial charge in [0.05, 0.1) is 6.04 Å². The van der Waals surface area contributed by atoms with Gasteiger partial charge in [-0.15, -0.1) is 17.4 Å². The lowest BCUT2D eigenvalue weighted by Crippen LogP contribution is -2.35. The summed E-state index contributed by atoms with van der Waals surface area (Å²) in [6.45, 7) is 0. The van der Waals surface area contributed by atoms with E-state index in [0.29, 0.717) is 11.8 Å². The van der Waals surface area contributed by atoms with Gasteiger partial charge < -0.3 is 10.2 Å². The number of nitrogens with zero attached hydrogens (tertiary/aromatic N) is 2. The molecule has 1 unspecified atom stereocenters. The summed E-state index contributed by atoms with van der Waals surface area (Å²) in [7, 11) is 0. The summed E-state index contributed by atoms with van der Waals surface area (Å²) in [6, 6.07) is -0.666. The standard InChI is InChI=1S/C10H12N4O2/c1-2-3-7(11)8(15)12-10-14-13-9(16-10)6-4-5-6/h1,6-7H,3-5,11H2,(H,12,14,15). The number of amides is 1. The molecule has 6 nitrogen and oxygen atoms in total. The summed E-state index contributed by atoms with van der Waals surface area (Å²) in [5, 5.41) is 9.96. The van der Waals surface area contributed by atoms with E-state index in [9.17, 15) is 4.79 Å². The minimum absolute atomic E-state index is 0.0828. The highest BCUT2D eigenvalue weighted by Gasteiger charge is 2.29. The van der Waals surface area contributed by atoms with Gasteiger partial charge in [-0.2, -0.15) is 0 Å². The van der Waals surface area contributed by atoms with Gasteiger partial charge in [0.15, 0.2) is 0 Å². The number of terminal acetylenes is 1. The minimum atomic E-state index is -0.749. The molecule has 1 heterocycles. The van der Waals surface area contributed by atoms with Gasteiger partial charge >= 0.3 is 6.01 Å². The van der Waals surface area contributed by atoms with Crippen LogP contribution in [0.1, 0.15) is 31.1 Å². The van der Waals surface area contributed by atoms with Crippen LogP contribution in [0.5, 0.6) is 0 Å². The largest absolute Gasteiger partial charge is 0.408 e. The monoisotopic (exact) mass is 220 g/mol. The van der Waals surface area contributed by atoms with Crippen LogP contribution in [0.25, 0.3) is 0 Å². The van der Waals surface area contributed by atoms with Crippen LogP contribution in [0.2, 0.25) is 0 Å². The number of nitrogens with one attached hydrogen (secondary N) is 1. The number of carbonyl (C=O) groups is 1. The molecule has 1 saturated carbocycles. The average molecular weight is 220 g/mol. The Kier molecular flexibility index (Phi) is 2.88. The van der Waals surface area contributed by atoms with Crippen LogP contribution >= 0.6 is 0 Å². The van der Waals surface area contributed by atoms with Crippen molar-refractivity contribution in [2.45, 2.75) is 31.2 Å². The molecule has 2 rings (SSSR count). The van der Waals surface area contributed by atoms with E-state index in [1.54, 1.807) is 0 Å². The highest BCUT2D eigenvalue weighted by atomic mass is 16.4. The third-order valence-electron chi connectivity index (χ3n) is 2.27. The Hall–Kier alpha value is -1.87. The van der Waals surface area contributed by atoms with Crippen LogP contribution in [0.15, 0.2) is 4.42 Å². The van der Waals surface area contributed by atoms with Crippen molar-refractivity contribution in [3.63, 3.8) is 0 Å². The summed E-state index contributed by atoms with van der Waals surface area (Å²) in [5.41, 5.74) is 5.51. The quantitative estimate of drug-likeness (QED) is 0.708. The van der Waals surface area contributed by atoms with Crippen LogP contribution in [0, 0.1) is 12.3 Å². The zero-order valence-electron chi connectivity index (χ0n) is 8.64. The van der Waals surface area contributed by atoms with Crippen molar-refractivity contribution in [2.24, 2.45) is 5.73 Å². The third kappa shape index (κ3) is 2.38. The maximum atomic E-state index is 11.4. The number of carbonyl (C=O) groups excluding carboxylic acids is 1. The first-order chi connectivity index (χ1) is 7.70. The lowest BCUT2D eigenvalue weighted by atomic mass is 10.2. The predicted octanol–water partition coefficient (Wildman–Crippen LogP) is 0.236. The smallest absolute Gasteiger partial charge is 0.322 e. The minimum Gasteiger partial charge on any atom is -0.408 e. The van der Waals surface area contributed by atoms with Crippen LogP contribution in [0.4, 0.5) is 6.01 Å². The summed E-state index contributed by atoms with van der Waals surface area (Å²) in [5.74, 6) is 2.83. The molecule has 0 spiro atoms. The number of aromatic nitrogens is 2. The molecule has 0 saturated heterocycles. The van der Waals surface area contributed by atoms with Crippen molar-refractivity contribution in [3.8, 4) is 12.3 Å². The first-order valence-electron chi connectivity index (χ1n) is 5.04. The summed E-state index contributed by atoms with van der Waals surface area (Å²) >= 11 is 0. The first-order valence-corrected chi connectivity index (χ1v) is 5.04. The Bertz CT molecular complexity index is 430. The second-order valence-corrected chi connectivity index (χ2v) is 3.72. The number of nitrogens with two attached hydrogens (primary N) is 1. The Morgan fingerprint density at radius 2 is 2.44 bits per heavy atom. The highest BCUT2D eigenvalue weighted by Crippen LogP contribution is 2.39. The molecule has 1 aromatic rings. The van der Waals surface area contributed by atoms with Crippen molar-refractivity contribution in [1.82, 2.24) is 10.2 Å². The van der Waals surface area contributed by atoms with Gasteiger partial charge in [0.1, 0.15) is 0 Å². The molecule has 6 heteroatoms. The van der Waals surface area contributed by atoms with E-state index in [0.717, 1.165) is 12.8 Å². The molecule has 3 N–H and O–H groups in total. The Balaban J connectivity index is 1.92. The zero-order valence-corrected chi connectivity index (χ0v) is 8.64. The van der Waals surface area contributed by atoms with E-state index in [1.807, 2.05) is 0 Å². The Labute approximate surface area is 92.6 Å². The fraction of sp³-hybridized carbons (Fsp3) is 0.500. The molecular weight excluding hydrogens is 208 g/mol. The van der Waals surface area contributed by atoms with Gasteiger partial charge in [0.25, 0.3) is 0 Å². The zero-order chi connectivity index (χ0) is 11.5. The van der Waals surface area contributed by atoms with Gasteiger partial charge in [-0.25, -0.2) is 0 Å². The number of hydrogen-bond acceptors (Lipinski definition) is 5. The van der Waals surface area contributed by atoms with Crippen molar-refractivity contribution in [3.05, 3.63) is 5.89 Å². The first kappa shape index (κ1) is 10.6. The molecule has 0 bridgehead atoms. The highest BCUT2D eigenvalue weighted by molar-refractivity contribution is 5.93. The topological polar surface area (TPSA) is 94.0 Å². The van der Waals surface area contributed by atoms with Crippen LogP contribution in [0.3, 0.4) is 0 Å². The van der Waals surface area contributed by atoms with Crippen molar-refractivity contribution in [1.29, 1.82) is 0 Å². The van der Waals surface area contributed by atoms with E-state index in [-0.39, 0.29) is 12.4 Å². The number of anilines is 1. The lowest BCUT2D eigenvalue weighted by Gasteiger charge is -2.05.